The Labute approximate surface area is 77.1 Å². The van der Waals surface area contributed by atoms with Crippen molar-refractivity contribution in [2.24, 2.45) is 5.73 Å². The number of primary amides is 1. The van der Waals surface area contributed by atoms with Crippen molar-refractivity contribution < 1.29 is 9.59 Å². The predicted octanol–water partition coefficient (Wildman–Crippen LogP) is -1.27. The lowest BCUT2D eigenvalue weighted by Gasteiger charge is -2.09. The lowest BCUT2D eigenvalue weighted by Crippen LogP contribution is -2.45. The van der Waals surface area contributed by atoms with E-state index in [-0.39, 0.29) is 12.5 Å². The first kappa shape index (κ1) is 9.98. The van der Waals surface area contributed by atoms with E-state index in [0.29, 0.717) is 6.04 Å². The quantitative estimate of drug-likeness (QED) is 0.499. The fourth-order valence-electron chi connectivity index (χ4n) is 0.888. The zero-order valence-corrected chi connectivity index (χ0v) is 7.67. The molecule has 0 radical (unpaired) electrons. The molecule has 0 aromatic carbocycles. The van der Waals surface area contributed by atoms with Crippen LogP contribution in [-0.4, -0.2) is 30.4 Å². The summed E-state index contributed by atoms with van der Waals surface area (Å²) in [6.07, 6.45) is 2.28. The number of carbonyl (C=O) groups is 2. The van der Waals surface area contributed by atoms with Crippen LogP contribution in [0.2, 0.25) is 0 Å². The van der Waals surface area contributed by atoms with Gasteiger partial charge >= 0.3 is 0 Å². The molecular weight excluding hydrogens is 170 g/mol. The summed E-state index contributed by atoms with van der Waals surface area (Å²) < 4.78 is 0. The summed E-state index contributed by atoms with van der Waals surface area (Å²) in [6, 6.07) is -0.0943. The third-order valence-corrected chi connectivity index (χ3v) is 1.93. The molecule has 5 heteroatoms. The van der Waals surface area contributed by atoms with Gasteiger partial charge in [0.1, 0.15) is 6.04 Å². The third-order valence-electron chi connectivity index (χ3n) is 1.93. The van der Waals surface area contributed by atoms with Gasteiger partial charge in [0.05, 0.1) is 6.54 Å². The highest BCUT2D eigenvalue weighted by molar-refractivity contribution is 5.86. The highest BCUT2D eigenvalue weighted by atomic mass is 16.2. The Kier molecular flexibility index (Phi) is 3.25. The van der Waals surface area contributed by atoms with Gasteiger partial charge in [-0.3, -0.25) is 9.59 Å². The first-order chi connectivity index (χ1) is 6.09. The van der Waals surface area contributed by atoms with E-state index in [1.54, 1.807) is 6.92 Å². The van der Waals surface area contributed by atoms with E-state index in [1.165, 1.54) is 0 Å². The number of amides is 2. The minimum Gasteiger partial charge on any atom is -0.368 e. The van der Waals surface area contributed by atoms with E-state index in [2.05, 4.69) is 10.6 Å². The van der Waals surface area contributed by atoms with E-state index < -0.39 is 11.9 Å². The normalized spacial score (nSPS) is 17.9. The number of rotatable bonds is 5. The van der Waals surface area contributed by atoms with Gasteiger partial charge in [-0.25, -0.2) is 0 Å². The highest BCUT2D eigenvalue weighted by Crippen LogP contribution is 2.17. The fourth-order valence-corrected chi connectivity index (χ4v) is 0.888. The average molecular weight is 185 g/mol. The van der Waals surface area contributed by atoms with Crippen molar-refractivity contribution in [1.82, 2.24) is 10.6 Å². The van der Waals surface area contributed by atoms with Crippen LogP contribution in [0.1, 0.15) is 19.8 Å². The van der Waals surface area contributed by atoms with Crippen molar-refractivity contribution in [1.29, 1.82) is 0 Å². The molecule has 1 rings (SSSR count). The second-order valence-electron chi connectivity index (χ2n) is 3.35. The van der Waals surface area contributed by atoms with Crippen LogP contribution >= 0.6 is 0 Å². The monoisotopic (exact) mass is 185 g/mol. The van der Waals surface area contributed by atoms with Crippen LogP contribution in [0.4, 0.5) is 0 Å². The Hall–Kier alpha value is -1.10. The Morgan fingerprint density at radius 3 is 2.62 bits per heavy atom. The second kappa shape index (κ2) is 4.23. The SMILES string of the molecule is CC(NC(=O)CNC1CC1)C(N)=O. The number of hydrogen-bond acceptors (Lipinski definition) is 3. The zero-order valence-electron chi connectivity index (χ0n) is 7.67. The van der Waals surface area contributed by atoms with E-state index in [0.717, 1.165) is 12.8 Å². The summed E-state index contributed by atoms with van der Waals surface area (Å²) in [4.78, 5) is 21.7. The molecule has 1 fully saturated rings. The zero-order chi connectivity index (χ0) is 9.84. The molecule has 5 nitrogen and oxygen atoms in total. The maximum Gasteiger partial charge on any atom is 0.239 e. The highest BCUT2D eigenvalue weighted by Gasteiger charge is 2.21. The molecule has 1 atom stereocenters. The fraction of sp³-hybridized carbons (Fsp3) is 0.750. The van der Waals surface area contributed by atoms with Crippen LogP contribution in [0.3, 0.4) is 0 Å². The minimum absolute atomic E-state index is 0.182. The van der Waals surface area contributed by atoms with E-state index in [1.807, 2.05) is 0 Å². The standard InChI is InChI=1S/C8H15N3O2/c1-5(8(9)13)11-7(12)4-10-6-2-3-6/h5-6,10H,2-4H2,1H3,(H2,9,13)(H,11,12). The van der Waals surface area contributed by atoms with Crippen molar-refractivity contribution in [3.05, 3.63) is 0 Å². The molecule has 0 spiro atoms. The van der Waals surface area contributed by atoms with Crippen molar-refractivity contribution in [3.8, 4) is 0 Å². The van der Waals surface area contributed by atoms with Crippen LogP contribution in [0.25, 0.3) is 0 Å². The van der Waals surface area contributed by atoms with Gasteiger partial charge in [-0.2, -0.15) is 0 Å². The molecule has 4 N–H and O–H groups in total. The average Bonchev–Trinajstić information content (AvgIpc) is 2.83. The number of carbonyl (C=O) groups excluding carboxylic acids is 2. The summed E-state index contributed by atoms with van der Waals surface area (Å²) in [7, 11) is 0. The van der Waals surface area contributed by atoms with Crippen molar-refractivity contribution in [2.75, 3.05) is 6.54 Å². The van der Waals surface area contributed by atoms with Gasteiger partial charge in [0.2, 0.25) is 11.8 Å². The third kappa shape index (κ3) is 3.89. The van der Waals surface area contributed by atoms with Crippen molar-refractivity contribution in [2.45, 2.75) is 31.8 Å². The van der Waals surface area contributed by atoms with Gasteiger partial charge in [0, 0.05) is 6.04 Å². The summed E-state index contributed by atoms with van der Waals surface area (Å²) in [5, 5.41) is 5.52. The van der Waals surface area contributed by atoms with Gasteiger partial charge in [0.25, 0.3) is 0 Å². The summed E-state index contributed by atoms with van der Waals surface area (Å²) in [6.45, 7) is 1.83. The molecule has 2 amide bonds. The summed E-state index contributed by atoms with van der Waals surface area (Å²) >= 11 is 0. The maximum atomic E-state index is 11.1. The number of nitrogens with one attached hydrogen (secondary N) is 2. The number of hydrogen-bond donors (Lipinski definition) is 3. The molecule has 0 aliphatic heterocycles. The van der Waals surface area contributed by atoms with Crippen LogP contribution in [-0.2, 0) is 9.59 Å². The largest absolute Gasteiger partial charge is 0.368 e. The molecule has 13 heavy (non-hydrogen) atoms. The van der Waals surface area contributed by atoms with Gasteiger partial charge in [-0.1, -0.05) is 0 Å². The Balaban J connectivity index is 2.11. The smallest absolute Gasteiger partial charge is 0.239 e. The topological polar surface area (TPSA) is 84.2 Å². The lowest BCUT2D eigenvalue weighted by atomic mass is 10.3. The van der Waals surface area contributed by atoms with Crippen LogP contribution in [0.5, 0.6) is 0 Å². The Morgan fingerprint density at radius 1 is 1.54 bits per heavy atom. The first-order valence-electron chi connectivity index (χ1n) is 4.41. The predicted molar refractivity (Wildman–Crippen MR) is 47.8 cm³/mol. The van der Waals surface area contributed by atoms with E-state index in [4.69, 9.17) is 5.73 Å². The lowest BCUT2D eigenvalue weighted by molar-refractivity contribution is -0.126. The van der Waals surface area contributed by atoms with Crippen LogP contribution < -0.4 is 16.4 Å². The molecule has 1 aliphatic rings. The van der Waals surface area contributed by atoms with Crippen LogP contribution in [0, 0.1) is 0 Å². The van der Waals surface area contributed by atoms with Gasteiger partial charge in [-0.15, -0.1) is 0 Å². The molecule has 0 aromatic heterocycles. The van der Waals surface area contributed by atoms with Crippen molar-refractivity contribution >= 4 is 11.8 Å². The molecule has 0 saturated heterocycles. The molecule has 0 bridgehead atoms. The van der Waals surface area contributed by atoms with Gasteiger partial charge in [-0.05, 0) is 19.8 Å². The second-order valence-corrected chi connectivity index (χ2v) is 3.35. The van der Waals surface area contributed by atoms with Crippen molar-refractivity contribution in [3.63, 3.8) is 0 Å². The molecule has 1 unspecified atom stereocenters. The maximum absolute atomic E-state index is 11.1. The van der Waals surface area contributed by atoms with E-state index >= 15 is 0 Å². The Bertz CT molecular complexity index is 213. The van der Waals surface area contributed by atoms with Gasteiger partial charge < -0.3 is 16.4 Å². The minimum atomic E-state index is -0.589. The molecule has 0 heterocycles. The molecule has 1 saturated carbocycles. The Morgan fingerprint density at radius 2 is 2.15 bits per heavy atom. The van der Waals surface area contributed by atoms with Gasteiger partial charge in [0.15, 0.2) is 0 Å². The molecule has 0 aromatic rings. The number of nitrogens with two attached hydrogens (primary N) is 1. The molecule has 1 aliphatic carbocycles. The summed E-state index contributed by atoms with van der Waals surface area (Å²) in [5.41, 5.74) is 4.98. The molecular formula is C8H15N3O2. The first-order valence-corrected chi connectivity index (χ1v) is 4.41. The summed E-state index contributed by atoms with van der Waals surface area (Å²) in [5.74, 6) is -0.696. The molecule has 74 valence electrons. The van der Waals surface area contributed by atoms with E-state index in [9.17, 15) is 9.59 Å². The van der Waals surface area contributed by atoms with Crippen LogP contribution in [0.15, 0.2) is 0 Å².